The molecule has 1 amide bonds. The van der Waals surface area contributed by atoms with Crippen LogP contribution in [0.5, 0.6) is 11.5 Å². The van der Waals surface area contributed by atoms with Gasteiger partial charge in [0.25, 0.3) is 5.91 Å². The largest absolute Gasteiger partial charge is 0.493 e. The van der Waals surface area contributed by atoms with Crippen LogP contribution in [0.4, 0.5) is 17.3 Å². The Labute approximate surface area is 157 Å². The lowest BCUT2D eigenvalue weighted by Gasteiger charge is -2.10. The number of hydrogen-bond donors (Lipinski definition) is 2. The molecule has 0 saturated heterocycles. The molecule has 7 heteroatoms. The number of carbonyl (C=O) groups is 1. The number of methoxy groups -OCH3 is 2. The maximum atomic E-state index is 12.3. The van der Waals surface area contributed by atoms with Crippen molar-refractivity contribution < 1.29 is 14.3 Å². The average Bonchev–Trinajstić information content (AvgIpc) is 2.68. The van der Waals surface area contributed by atoms with Crippen molar-refractivity contribution >= 4 is 23.2 Å². The Morgan fingerprint density at radius 1 is 0.926 bits per heavy atom. The Morgan fingerprint density at radius 2 is 1.67 bits per heavy atom. The van der Waals surface area contributed by atoms with E-state index in [1.165, 1.54) is 12.4 Å². The summed E-state index contributed by atoms with van der Waals surface area (Å²) >= 11 is 0. The number of rotatable bonds is 6. The normalized spacial score (nSPS) is 10.2. The minimum absolute atomic E-state index is 0.265. The van der Waals surface area contributed by atoms with Gasteiger partial charge in [0.1, 0.15) is 0 Å². The second kappa shape index (κ2) is 8.18. The Morgan fingerprint density at radius 3 is 2.33 bits per heavy atom. The van der Waals surface area contributed by atoms with Crippen molar-refractivity contribution in [1.29, 1.82) is 0 Å². The molecular weight excluding hydrogens is 344 g/mol. The monoisotopic (exact) mass is 364 g/mol. The number of amides is 1. The Balaban J connectivity index is 1.69. The van der Waals surface area contributed by atoms with Gasteiger partial charge in [-0.3, -0.25) is 4.79 Å². The van der Waals surface area contributed by atoms with Crippen molar-refractivity contribution in [2.75, 3.05) is 24.9 Å². The molecule has 0 fully saturated rings. The fraction of sp³-hybridized carbons (Fsp3) is 0.150. The average molecular weight is 364 g/mol. The van der Waals surface area contributed by atoms with E-state index in [2.05, 4.69) is 20.6 Å². The van der Waals surface area contributed by atoms with Crippen LogP contribution in [-0.2, 0) is 0 Å². The lowest BCUT2D eigenvalue weighted by Crippen LogP contribution is -2.13. The van der Waals surface area contributed by atoms with Crippen LogP contribution >= 0.6 is 0 Å². The van der Waals surface area contributed by atoms with Gasteiger partial charge in [-0.05, 0) is 36.8 Å². The molecule has 27 heavy (non-hydrogen) atoms. The lowest BCUT2D eigenvalue weighted by molar-refractivity contribution is 0.102. The standard InChI is InChI=1S/C20H20N4O3/c1-13-5-4-6-15(9-13)23-19(25)14-11-21-20(22-12-14)24-16-7-8-17(26-2)18(10-16)27-3/h4-12H,1-3H3,(H,23,25)(H,21,22,24). The van der Waals surface area contributed by atoms with Gasteiger partial charge < -0.3 is 20.1 Å². The van der Waals surface area contributed by atoms with Crippen molar-refractivity contribution in [3.63, 3.8) is 0 Å². The molecule has 7 nitrogen and oxygen atoms in total. The molecule has 3 aromatic rings. The van der Waals surface area contributed by atoms with Gasteiger partial charge in [-0.2, -0.15) is 0 Å². The maximum Gasteiger partial charge on any atom is 0.258 e. The van der Waals surface area contributed by atoms with Gasteiger partial charge in [0.15, 0.2) is 11.5 Å². The molecule has 0 aliphatic heterocycles. The van der Waals surface area contributed by atoms with E-state index in [-0.39, 0.29) is 5.91 Å². The molecular formula is C20H20N4O3. The van der Waals surface area contributed by atoms with Gasteiger partial charge in [-0.15, -0.1) is 0 Å². The third kappa shape index (κ3) is 4.52. The molecule has 0 spiro atoms. The van der Waals surface area contributed by atoms with Crippen LogP contribution in [0.1, 0.15) is 15.9 Å². The summed E-state index contributed by atoms with van der Waals surface area (Å²) in [4.78, 5) is 20.7. The first-order valence-corrected chi connectivity index (χ1v) is 8.28. The summed E-state index contributed by atoms with van der Waals surface area (Å²) in [5.41, 5.74) is 2.91. The number of aryl methyl sites for hydroxylation is 1. The van der Waals surface area contributed by atoms with E-state index < -0.39 is 0 Å². The van der Waals surface area contributed by atoms with Crippen LogP contribution in [-0.4, -0.2) is 30.1 Å². The van der Waals surface area contributed by atoms with E-state index in [1.54, 1.807) is 26.4 Å². The maximum absolute atomic E-state index is 12.3. The summed E-state index contributed by atoms with van der Waals surface area (Å²) in [7, 11) is 3.15. The third-order valence-electron chi connectivity index (χ3n) is 3.83. The molecule has 0 atom stereocenters. The first kappa shape index (κ1) is 18.2. The predicted molar refractivity (Wildman–Crippen MR) is 104 cm³/mol. The molecule has 2 N–H and O–H groups in total. The molecule has 0 radical (unpaired) electrons. The first-order chi connectivity index (χ1) is 13.1. The highest BCUT2D eigenvalue weighted by atomic mass is 16.5. The van der Waals surface area contributed by atoms with E-state index in [4.69, 9.17) is 9.47 Å². The fourth-order valence-electron chi connectivity index (χ4n) is 2.48. The highest BCUT2D eigenvalue weighted by molar-refractivity contribution is 6.03. The van der Waals surface area contributed by atoms with Crippen LogP contribution in [0.3, 0.4) is 0 Å². The second-order valence-electron chi connectivity index (χ2n) is 5.81. The highest BCUT2D eigenvalue weighted by Gasteiger charge is 2.09. The van der Waals surface area contributed by atoms with Crippen molar-refractivity contribution in [3.05, 3.63) is 66.0 Å². The van der Waals surface area contributed by atoms with Crippen LogP contribution in [0, 0.1) is 6.92 Å². The van der Waals surface area contributed by atoms with Gasteiger partial charge in [-0.1, -0.05) is 12.1 Å². The number of ether oxygens (including phenoxy) is 2. The van der Waals surface area contributed by atoms with Gasteiger partial charge >= 0.3 is 0 Å². The van der Waals surface area contributed by atoms with E-state index in [1.807, 2.05) is 37.3 Å². The van der Waals surface area contributed by atoms with Crippen molar-refractivity contribution in [2.45, 2.75) is 6.92 Å². The number of aromatic nitrogens is 2. The molecule has 138 valence electrons. The van der Waals surface area contributed by atoms with Crippen LogP contribution < -0.4 is 20.1 Å². The van der Waals surface area contributed by atoms with Crippen LogP contribution in [0.15, 0.2) is 54.9 Å². The number of nitrogens with zero attached hydrogens (tertiary/aromatic N) is 2. The summed E-state index contributed by atoms with van der Waals surface area (Å²) in [5.74, 6) is 1.33. The van der Waals surface area contributed by atoms with E-state index in [0.29, 0.717) is 23.0 Å². The minimum Gasteiger partial charge on any atom is -0.493 e. The fourth-order valence-corrected chi connectivity index (χ4v) is 2.48. The number of hydrogen-bond acceptors (Lipinski definition) is 6. The molecule has 1 heterocycles. The van der Waals surface area contributed by atoms with Crippen LogP contribution in [0.25, 0.3) is 0 Å². The van der Waals surface area contributed by atoms with Crippen molar-refractivity contribution in [3.8, 4) is 11.5 Å². The minimum atomic E-state index is -0.265. The zero-order chi connectivity index (χ0) is 19.2. The second-order valence-corrected chi connectivity index (χ2v) is 5.81. The Bertz CT molecular complexity index is 942. The topological polar surface area (TPSA) is 85.4 Å². The Hall–Kier alpha value is -3.61. The molecule has 0 unspecified atom stereocenters. The zero-order valence-corrected chi connectivity index (χ0v) is 15.3. The molecule has 0 saturated carbocycles. The summed E-state index contributed by atoms with van der Waals surface area (Å²) in [6.45, 7) is 1.97. The van der Waals surface area contributed by atoms with E-state index >= 15 is 0 Å². The smallest absolute Gasteiger partial charge is 0.258 e. The van der Waals surface area contributed by atoms with Gasteiger partial charge in [0.05, 0.1) is 19.8 Å². The predicted octanol–water partition coefficient (Wildman–Crippen LogP) is 3.80. The molecule has 0 aliphatic carbocycles. The van der Waals surface area contributed by atoms with Crippen LogP contribution in [0.2, 0.25) is 0 Å². The number of anilines is 3. The van der Waals surface area contributed by atoms with Gasteiger partial charge in [-0.25, -0.2) is 9.97 Å². The molecule has 0 bridgehead atoms. The number of carbonyl (C=O) groups excluding carboxylic acids is 1. The first-order valence-electron chi connectivity index (χ1n) is 8.28. The molecule has 0 aliphatic rings. The summed E-state index contributed by atoms with van der Waals surface area (Å²) in [6.07, 6.45) is 2.95. The van der Waals surface area contributed by atoms with Gasteiger partial charge in [0, 0.05) is 29.8 Å². The van der Waals surface area contributed by atoms with Gasteiger partial charge in [0.2, 0.25) is 5.95 Å². The van der Waals surface area contributed by atoms with Crippen molar-refractivity contribution in [1.82, 2.24) is 9.97 Å². The molecule has 3 rings (SSSR count). The highest BCUT2D eigenvalue weighted by Crippen LogP contribution is 2.30. The number of nitrogens with one attached hydrogen (secondary N) is 2. The quantitative estimate of drug-likeness (QED) is 0.692. The van der Waals surface area contributed by atoms with E-state index in [9.17, 15) is 4.79 Å². The molecule has 1 aromatic heterocycles. The summed E-state index contributed by atoms with van der Waals surface area (Å²) in [6, 6.07) is 13.0. The summed E-state index contributed by atoms with van der Waals surface area (Å²) < 4.78 is 10.5. The molecule has 2 aromatic carbocycles. The zero-order valence-electron chi connectivity index (χ0n) is 15.3. The Kier molecular flexibility index (Phi) is 5.51. The van der Waals surface area contributed by atoms with E-state index in [0.717, 1.165) is 16.9 Å². The summed E-state index contributed by atoms with van der Waals surface area (Å²) in [5, 5.41) is 5.89. The SMILES string of the molecule is COc1ccc(Nc2ncc(C(=O)Nc3cccc(C)c3)cn2)cc1OC. The van der Waals surface area contributed by atoms with Crippen molar-refractivity contribution in [2.24, 2.45) is 0 Å². The number of benzene rings is 2. The third-order valence-corrected chi connectivity index (χ3v) is 3.83. The lowest BCUT2D eigenvalue weighted by atomic mass is 10.2.